The average Bonchev–Trinajstić information content (AvgIpc) is 3.07. The van der Waals surface area contributed by atoms with E-state index in [4.69, 9.17) is 9.15 Å². The van der Waals surface area contributed by atoms with E-state index in [0.29, 0.717) is 6.61 Å². The maximum Gasteiger partial charge on any atom is 0.133 e. The molecule has 102 valence electrons. The average molecular weight is 268 g/mol. The number of furan rings is 1. The van der Waals surface area contributed by atoms with Crippen molar-refractivity contribution in [1.82, 2.24) is 9.78 Å². The van der Waals surface area contributed by atoms with Gasteiger partial charge in [0.2, 0.25) is 0 Å². The highest BCUT2D eigenvalue weighted by Crippen LogP contribution is 2.23. The molecule has 2 heterocycles. The van der Waals surface area contributed by atoms with Gasteiger partial charge in [-0.25, -0.2) is 0 Å². The quantitative estimate of drug-likeness (QED) is 0.726. The summed E-state index contributed by atoms with van der Waals surface area (Å²) in [5, 5.41) is 4.30. The Labute approximate surface area is 117 Å². The van der Waals surface area contributed by atoms with Crippen LogP contribution >= 0.6 is 0 Å². The molecular formula is C16H16N2O2. The maximum absolute atomic E-state index is 5.77. The van der Waals surface area contributed by atoms with E-state index in [-0.39, 0.29) is 0 Å². The predicted octanol–water partition coefficient (Wildman–Crippen LogP) is 3.57. The van der Waals surface area contributed by atoms with Crippen molar-refractivity contribution >= 4 is 0 Å². The molecule has 3 aromatic rings. The maximum atomic E-state index is 5.77. The molecule has 0 amide bonds. The Bertz CT molecular complexity index is 682. The highest BCUT2D eigenvalue weighted by atomic mass is 16.5. The number of aromatic nitrogens is 2. The Morgan fingerprint density at radius 3 is 2.60 bits per heavy atom. The molecule has 0 aliphatic carbocycles. The monoisotopic (exact) mass is 268 g/mol. The van der Waals surface area contributed by atoms with Crippen molar-refractivity contribution in [3.8, 4) is 17.1 Å². The first-order chi connectivity index (χ1) is 9.72. The van der Waals surface area contributed by atoms with Gasteiger partial charge in [-0.3, -0.25) is 4.68 Å². The smallest absolute Gasteiger partial charge is 0.133 e. The lowest BCUT2D eigenvalue weighted by Gasteiger charge is -2.06. The molecule has 1 aromatic carbocycles. The van der Waals surface area contributed by atoms with E-state index in [1.54, 1.807) is 10.9 Å². The van der Waals surface area contributed by atoms with Crippen LogP contribution in [0.2, 0.25) is 0 Å². The fourth-order valence-corrected chi connectivity index (χ4v) is 2.11. The van der Waals surface area contributed by atoms with Crippen LogP contribution in [0.4, 0.5) is 0 Å². The van der Waals surface area contributed by atoms with E-state index in [1.807, 2.05) is 56.6 Å². The second kappa shape index (κ2) is 5.25. The van der Waals surface area contributed by atoms with Crippen LogP contribution in [-0.2, 0) is 13.7 Å². The van der Waals surface area contributed by atoms with Crippen LogP contribution in [0.25, 0.3) is 11.3 Å². The largest absolute Gasteiger partial charge is 0.489 e. The highest BCUT2D eigenvalue weighted by molar-refractivity contribution is 5.58. The lowest BCUT2D eigenvalue weighted by Crippen LogP contribution is -1.95. The number of hydrogen-bond donors (Lipinski definition) is 0. The number of ether oxygens (including phenoxy) is 1. The minimum atomic E-state index is 0.528. The molecule has 2 aromatic heterocycles. The van der Waals surface area contributed by atoms with Crippen LogP contribution in [0, 0.1) is 6.92 Å². The summed E-state index contributed by atoms with van der Waals surface area (Å²) in [5.74, 6) is 1.70. The topological polar surface area (TPSA) is 40.2 Å². The summed E-state index contributed by atoms with van der Waals surface area (Å²) in [6, 6.07) is 11.7. The molecule has 0 saturated carbocycles. The van der Waals surface area contributed by atoms with Crippen LogP contribution < -0.4 is 4.74 Å². The first-order valence-electron chi connectivity index (χ1n) is 6.48. The fourth-order valence-electron chi connectivity index (χ4n) is 2.11. The molecule has 0 radical (unpaired) electrons. The lowest BCUT2D eigenvalue weighted by atomic mass is 10.2. The Morgan fingerprint density at radius 2 is 2.00 bits per heavy atom. The minimum absolute atomic E-state index is 0.528. The first kappa shape index (κ1) is 12.5. The first-order valence-corrected chi connectivity index (χ1v) is 6.48. The van der Waals surface area contributed by atoms with Gasteiger partial charge >= 0.3 is 0 Å². The second-order valence-electron chi connectivity index (χ2n) is 4.70. The molecule has 20 heavy (non-hydrogen) atoms. The Hall–Kier alpha value is -2.49. The number of nitrogens with zero attached hydrogens (tertiary/aromatic N) is 2. The van der Waals surface area contributed by atoms with Crippen molar-refractivity contribution in [1.29, 1.82) is 0 Å². The molecule has 0 spiro atoms. The zero-order chi connectivity index (χ0) is 13.9. The van der Waals surface area contributed by atoms with E-state index in [1.165, 1.54) is 0 Å². The van der Waals surface area contributed by atoms with Crippen molar-refractivity contribution in [3.63, 3.8) is 0 Å². The molecule has 4 nitrogen and oxygen atoms in total. The normalized spacial score (nSPS) is 10.7. The SMILES string of the molecule is Cc1nn(C)cc1COc1ccc(-c2ccco2)cc1. The summed E-state index contributed by atoms with van der Waals surface area (Å²) in [4.78, 5) is 0. The molecule has 0 aliphatic rings. The number of aryl methyl sites for hydroxylation is 2. The van der Waals surface area contributed by atoms with Gasteiger partial charge in [0.05, 0.1) is 12.0 Å². The summed E-state index contributed by atoms with van der Waals surface area (Å²) >= 11 is 0. The van der Waals surface area contributed by atoms with E-state index >= 15 is 0 Å². The molecule has 0 atom stereocenters. The summed E-state index contributed by atoms with van der Waals surface area (Å²) in [6.07, 6.45) is 3.65. The Balaban J connectivity index is 1.68. The van der Waals surface area contributed by atoms with Gasteiger partial charge in [0.15, 0.2) is 0 Å². The van der Waals surface area contributed by atoms with E-state index < -0.39 is 0 Å². The molecule has 0 aliphatic heterocycles. The number of hydrogen-bond acceptors (Lipinski definition) is 3. The van der Waals surface area contributed by atoms with Gasteiger partial charge in [-0.1, -0.05) is 0 Å². The van der Waals surface area contributed by atoms with Crippen molar-refractivity contribution in [2.24, 2.45) is 7.05 Å². The van der Waals surface area contributed by atoms with E-state index in [9.17, 15) is 0 Å². The minimum Gasteiger partial charge on any atom is -0.489 e. The van der Waals surface area contributed by atoms with Crippen molar-refractivity contribution in [2.45, 2.75) is 13.5 Å². The zero-order valence-corrected chi connectivity index (χ0v) is 11.5. The second-order valence-corrected chi connectivity index (χ2v) is 4.70. The summed E-state index contributed by atoms with van der Waals surface area (Å²) in [6.45, 7) is 2.51. The van der Waals surface area contributed by atoms with Crippen LogP contribution in [-0.4, -0.2) is 9.78 Å². The van der Waals surface area contributed by atoms with E-state index in [2.05, 4.69) is 5.10 Å². The standard InChI is InChI=1S/C16H16N2O2/c1-12-14(10-18(2)17-12)11-20-15-7-5-13(6-8-15)16-4-3-9-19-16/h3-10H,11H2,1-2H3. The summed E-state index contributed by atoms with van der Waals surface area (Å²) in [5.41, 5.74) is 3.14. The van der Waals surface area contributed by atoms with Gasteiger partial charge in [-0.15, -0.1) is 0 Å². The van der Waals surface area contributed by atoms with Crippen LogP contribution in [0.1, 0.15) is 11.3 Å². The number of benzene rings is 1. The van der Waals surface area contributed by atoms with Gasteiger partial charge in [-0.2, -0.15) is 5.10 Å². The lowest BCUT2D eigenvalue weighted by molar-refractivity contribution is 0.305. The van der Waals surface area contributed by atoms with Gasteiger partial charge in [0.1, 0.15) is 18.1 Å². The zero-order valence-electron chi connectivity index (χ0n) is 11.5. The molecular weight excluding hydrogens is 252 g/mol. The Morgan fingerprint density at radius 1 is 1.20 bits per heavy atom. The van der Waals surface area contributed by atoms with Gasteiger partial charge in [0, 0.05) is 24.4 Å². The van der Waals surface area contributed by atoms with Gasteiger partial charge in [-0.05, 0) is 43.3 Å². The van der Waals surface area contributed by atoms with Crippen molar-refractivity contribution in [3.05, 3.63) is 60.1 Å². The third-order valence-electron chi connectivity index (χ3n) is 3.17. The molecule has 0 fully saturated rings. The third-order valence-corrected chi connectivity index (χ3v) is 3.17. The fraction of sp³-hybridized carbons (Fsp3) is 0.188. The van der Waals surface area contributed by atoms with Crippen LogP contribution in [0.15, 0.2) is 53.3 Å². The predicted molar refractivity (Wildman–Crippen MR) is 76.4 cm³/mol. The molecule has 4 heteroatoms. The van der Waals surface area contributed by atoms with E-state index in [0.717, 1.165) is 28.3 Å². The molecule has 0 bridgehead atoms. The molecule has 3 rings (SSSR count). The van der Waals surface area contributed by atoms with Crippen LogP contribution in [0.5, 0.6) is 5.75 Å². The van der Waals surface area contributed by atoms with Gasteiger partial charge in [0.25, 0.3) is 0 Å². The molecule has 0 N–H and O–H groups in total. The third kappa shape index (κ3) is 2.59. The number of rotatable bonds is 4. The van der Waals surface area contributed by atoms with Crippen molar-refractivity contribution < 1.29 is 9.15 Å². The summed E-state index contributed by atoms with van der Waals surface area (Å²) < 4.78 is 12.9. The summed E-state index contributed by atoms with van der Waals surface area (Å²) in [7, 11) is 1.91. The molecule has 0 unspecified atom stereocenters. The van der Waals surface area contributed by atoms with Gasteiger partial charge < -0.3 is 9.15 Å². The molecule has 0 saturated heterocycles. The Kier molecular flexibility index (Phi) is 3.29. The van der Waals surface area contributed by atoms with Crippen LogP contribution in [0.3, 0.4) is 0 Å². The van der Waals surface area contributed by atoms with Crippen molar-refractivity contribution in [2.75, 3.05) is 0 Å². The highest BCUT2D eigenvalue weighted by Gasteiger charge is 2.05.